The van der Waals surface area contributed by atoms with Crippen LogP contribution in [-0.2, 0) is 16.0 Å². The molecule has 0 bridgehead atoms. The molecule has 1 fully saturated rings. The molecule has 1 aromatic heterocycles. The van der Waals surface area contributed by atoms with Gasteiger partial charge in [-0.05, 0) is 43.0 Å². The number of likely N-dealkylation sites (tertiary alicyclic amines) is 1. The standard InChI is InChI=1S/C25H29N3O4/c1-31-19-10-11-22(23(14-19)32-2)27-25(30)18-6-5-13-28(16-18)24(29)12-9-17-15-26-21-8-4-3-7-20(17)21/h3-4,7-8,10-11,14-15,18,26H,5-6,9,12-13,16H2,1-2H3,(H,27,30)/t18-/m1/s1. The Hall–Kier alpha value is -3.48. The van der Waals surface area contributed by atoms with Crippen LogP contribution in [0.15, 0.2) is 48.7 Å². The van der Waals surface area contributed by atoms with Gasteiger partial charge < -0.3 is 24.7 Å². The van der Waals surface area contributed by atoms with E-state index in [4.69, 9.17) is 9.47 Å². The third-order valence-electron chi connectivity index (χ3n) is 6.09. The SMILES string of the molecule is COc1ccc(NC(=O)[C@@H]2CCCN(C(=O)CCc3c[nH]c4ccccc34)C2)c(OC)c1. The molecule has 1 saturated heterocycles. The van der Waals surface area contributed by atoms with Gasteiger partial charge in [-0.1, -0.05) is 18.2 Å². The zero-order chi connectivity index (χ0) is 22.5. The summed E-state index contributed by atoms with van der Waals surface area (Å²) in [6.07, 6.45) is 4.67. The third-order valence-corrected chi connectivity index (χ3v) is 6.09. The van der Waals surface area contributed by atoms with Crippen LogP contribution in [0.3, 0.4) is 0 Å². The molecule has 32 heavy (non-hydrogen) atoms. The smallest absolute Gasteiger partial charge is 0.229 e. The summed E-state index contributed by atoms with van der Waals surface area (Å²) in [4.78, 5) is 30.9. The number of hydrogen-bond acceptors (Lipinski definition) is 4. The molecule has 0 aliphatic carbocycles. The van der Waals surface area contributed by atoms with Crippen molar-refractivity contribution < 1.29 is 19.1 Å². The number of benzene rings is 2. The zero-order valence-electron chi connectivity index (χ0n) is 18.5. The third kappa shape index (κ3) is 4.72. The lowest BCUT2D eigenvalue weighted by molar-refractivity contribution is -0.134. The summed E-state index contributed by atoms with van der Waals surface area (Å²) in [6.45, 7) is 1.14. The molecule has 2 N–H and O–H groups in total. The summed E-state index contributed by atoms with van der Waals surface area (Å²) in [6, 6.07) is 13.4. The van der Waals surface area contributed by atoms with E-state index in [9.17, 15) is 9.59 Å². The highest BCUT2D eigenvalue weighted by Gasteiger charge is 2.29. The molecule has 0 spiro atoms. The number of hydrogen-bond donors (Lipinski definition) is 2. The largest absolute Gasteiger partial charge is 0.497 e. The van der Waals surface area contributed by atoms with Crippen LogP contribution in [0, 0.1) is 5.92 Å². The van der Waals surface area contributed by atoms with Crippen molar-refractivity contribution in [2.75, 3.05) is 32.6 Å². The van der Waals surface area contributed by atoms with Crippen molar-refractivity contribution in [3.05, 3.63) is 54.2 Å². The molecule has 2 heterocycles. The van der Waals surface area contributed by atoms with Crippen LogP contribution in [0.4, 0.5) is 5.69 Å². The highest BCUT2D eigenvalue weighted by atomic mass is 16.5. The van der Waals surface area contributed by atoms with Crippen molar-refractivity contribution in [1.29, 1.82) is 0 Å². The second-order valence-corrected chi connectivity index (χ2v) is 8.09. The molecule has 3 aromatic rings. The quantitative estimate of drug-likeness (QED) is 0.588. The van der Waals surface area contributed by atoms with Crippen molar-refractivity contribution in [2.24, 2.45) is 5.92 Å². The molecule has 168 valence electrons. The molecule has 4 rings (SSSR count). The number of aromatic nitrogens is 1. The number of carbonyl (C=O) groups is 2. The number of fused-ring (bicyclic) bond motifs is 1. The van der Waals surface area contributed by atoms with Crippen molar-refractivity contribution in [3.63, 3.8) is 0 Å². The van der Waals surface area contributed by atoms with Gasteiger partial charge in [0.15, 0.2) is 0 Å². The monoisotopic (exact) mass is 435 g/mol. The minimum Gasteiger partial charge on any atom is -0.497 e. The first kappa shape index (κ1) is 21.7. The number of H-pyrrole nitrogens is 1. The van der Waals surface area contributed by atoms with Gasteiger partial charge in [-0.25, -0.2) is 0 Å². The lowest BCUT2D eigenvalue weighted by Crippen LogP contribution is -2.43. The Kier molecular flexibility index (Phi) is 6.63. The number of piperidine rings is 1. The van der Waals surface area contributed by atoms with Gasteiger partial charge in [0.2, 0.25) is 11.8 Å². The fourth-order valence-corrected chi connectivity index (χ4v) is 4.29. The van der Waals surface area contributed by atoms with Crippen LogP contribution in [0.5, 0.6) is 11.5 Å². The highest BCUT2D eigenvalue weighted by molar-refractivity contribution is 5.94. The average Bonchev–Trinajstić information content (AvgIpc) is 3.26. The average molecular weight is 436 g/mol. The van der Waals surface area contributed by atoms with E-state index in [1.54, 1.807) is 32.4 Å². The number of rotatable bonds is 7. The Balaban J connectivity index is 1.35. The number of para-hydroxylation sites is 1. The molecular formula is C25H29N3O4. The number of aryl methyl sites for hydroxylation is 1. The maximum Gasteiger partial charge on any atom is 0.229 e. The summed E-state index contributed by atoms with van der Waals surface area (Å²) >= 11 is 0. The molecule has 2 amide bonds. The number of nitrogens with one attached hydrogen (secondary N) is 2. The van der Waals surface area contributed by atoms with E-state index in [0.29, 0.717) is 43.1 Å². The number of ether oxygens (including phenoxy) is 2. The topological polar surface area (TPSA) is 83.7 Å². The molecule has 2 aromatic carbocycles. The van der Waals surface area contributed by atoms with Crippen LogP contribution >= 0.6 is 0 Å². The predicted octanol–water partition coefficient (Wildman–Crippen LogP) is 4.00. The van der Waals surface area contributed by atoms with E-state index in [2.05, 4.69) is 16.4 Å². The Morgan fingerprint density at radius 1 is 1.16 bits per heavy atom. The number of aromatic amines is 1. The molecule has 1 aliphatic rings. The van der Waals surface area contributed by atoms with E-state index in [-0.39, 0.29) is 17.7 Å². The van der Waals surface area contributed by atoms with Crippen molar-refractivity contribution in [2.45, 2.75) is 25.7 Å². The first-order valence-electron chi connectivity index (χ1n) is 10.9. The molecule has 1 aliphatic heterocycles. The number of nitrogens with zero attached hydrogens (tertiary/aromatic N) is 1. The minimum absolute atomic E-state index is 0.0924. The van der Waals surface area contributed by atoms with Gasteiger partial charge in [0.1, 0.15) is 11.5 Å². The number of carbonyl (C=O) groups excluding carboxylic acids is 2. The normalized spacial score (nSPS) is 16.1. The Morgan fingerprint density at radius 3 is 2.81 bits per heavy atom. The number of anilines is 1. The first-order chi connectivity index (χ1) is 15.6. The van der Waals surface area contributed by atoms with E-state index >= 15 is 0 Å². The predicted molar refractivity (Wildman–Crippen MR) is 124 cm³/mol. The van der Waals surface area contributed by atoms with Crippen molar-refractivity contribution >= 4 is 28.4 Å². The van der Waals surface area contributed by atoms with Crippen LogP contribution in [-0.4, -0.2) is 49.0 Å². The fourth-order valence-electron chi connectivity index (χ4n) is 4.29. The maximum absolute atomic E-state index is 12.9. The van der Waals surface area contributed by atoms with E-state index in [0.717, 1.165) is 29.3 Å². The Morgan fingerprint density at radius 2 is 2.00 bits per heavy atom. The van der Waals surface area contributed by atoms with Gasteiger partial charge in [-0.2, -0.15) is 0 Å². The summed E-state index contributed by atoms with van der Waals surface area (Å²) in [5.41, 5.74) is 2.83. The van der Waals surface area contributed by atoms with Crippen molar-refractivity contribution in [3.8, 4) is 11.5 Å². The van der Waals surface area contributed by atoms with Gasteiger partial charge >= 0.3 is 0 Å². The summed E-state index contributed by atoms with van der Waals surface area (Å²) in [7, 11) is 3.14. The number of amides is 2. The van der Waals surface area contributed by atoms with Gasteiger partial charge in [0, 0.05) is 42.7 Å². The second-order valence-electron chi connectivity index (χ2n) is 8.09. The molecule has 0 saturated carbocycles. The van der Waals surface area contributed by atoms with Crippen LogP contribution in [0.2, 0.25) is 0 Å². The van der Waals surface area contributed by atoms with Gasteiger partial charge in [0.25, 0.3) is 0 Å². The van der Waals surface area contributed by atoms with Crippen molar-refractivity contribution in [1.82, 2.24) is 9.88 Å². The molecular weight excluding hydrogens is 406 g/mol. The zero-order valence-corrected chi connectivity index (χ0v) is 18.5. The van der Waals surface area contributed by atoms with Crippen LogP contribution < -0.4 is 14.8 Å². The van der Waals surface area contributed by atoms with Gasteiger partial charge in [-0.3, -0.25) is 9.59 Å². The lowest BCUT2D eigenvalue weighted by Gasteiger charge is -2.32. The summed E-state index contributed by atoms with van der Waals surface area (Å²) < 4.78 is 10.6. The lowest BCUT2D eigenvalue weighted by atomic mass is 9.96. The maximum atomic E-state index is 12.9. The summed E-state index contributed by atoms with van der Waals surface area (Å²) in [5.74, 6) is 0.953. The molecule has 1 atom stereocenters. The molecule has 7 heteroatoms. The van der Waals surface area contributed by atoms with Crippen LogP contribution in [0.25, 0.3) is 10.9 Å². The molecule has 0 radical (unpaired) electrons. The van der Waals surface area contributed by atoms with E-state index < -0.39 is 0 Å². The highest BCUT2D eigenvalue weighted by Crippen LogP contribution is 2.30. The second kappa shape index (κ2) is 9.77. The number of methoxy groups -OCH3 is 2. The fraction of sp³-hybridized carbons (Fsp3) is 0.360. The van der Waals surface area contributed by atoms with Gasteiger partial charge in [0.05, 0.1) is 25.8 Å². The van der Waals surface area contributed by atoms with E-state index in [1.165, 1.54) is 0 Å². The minimum atomic E-state index is -0.243. The van der Waals surface area contributed by atoms with Crippen LogP contribution in [0.1, 0.15) is 24.8 Å². The Bertz CT molecular complexity index is 1110. The summed E-state index contributed by atoms with van der Waals surface area (Å²) in [5, 5.41) is 4.11. The van der Waals surface area contributed by atoms with E-state index in [1.807, 2.05) is 29.3 Å². The Labute approximate surface area is 187 Å². The molecule has 7 nitrogen and oxygen atoms in total. The first-order valence-corrected chi connectivity index (χ1v) is 10.9. The molecule has 0 unspecified atom stereocenters. The van der Waals surface area contributed by atoms with Gasteiger partial charge in [-0.15, -0.1) is 0 Å².